The van der Waals surface area contributed by atoms with Crippen molar-refractivity contribution in [2.24, 2.45) is 0 Å². The van der Waals surface area contributed by atoms with E-state index in [1.165, 1.54) is 0 Å². The fourth-order valence-corrected chi connectivity index (χ4v) is 2.84. The van der Waals surface area contributed by atoms with Crippen LogP contribution in [0.4, 0.5) is 11.5 Å². The molecule has 0 spiro atoms. The molecular weight excluding hydrogens is 330 g/mol. The van der Waals surface area contributed by atoms with Crippen LogP contribution in [-0.4, -0.2) is 21.0 Å². The summed E-state index contributed by atoms with van der Waals surface area (Å²) >= 11 is 0. The molecule has 6 heteroatoms. The first-order valence-corrected chi connectivity index (χ1v) is 8.60. The first kappa shape index (κ1) is 17.7. The summed E-state index contributed by atoms with van der Waals surface area (Å²) in [6, 6.07) is 9.18. The summed E-state index contributed by atoms with van der Waals surface area (Å²) in [5.74, 6) is 0.548. The van der Waals surface area contributed by atoms with Gasteiger partial charge in [0.25, 0.3) is 0 Å². The molecular formula is C20H21N3O3. The van der Waals surface area contributed by atoms with Crippen molar-refractivity contribution in [3.05, 3.63) is 59.7 Å². The van der Waals surface area contributed by atoms with Crippen molar-refractivity contribution in [1.82, 2.24) is 9.97 Å². The summed E-state index contributed by atoms with van der Waals surface area (Å²) in [6.07, 6.45) is 4.87. The lowest BCUT2D eigenvalue weighted by molar-refractivity contribution is -0.136. The summed E-state index contributed by atoms with van der Waals surface area (Å²) in [6.45, 7) is 4.15. The van der Waals surface area contributed by atoms with E-state index in [1.807, 2.05) is 18.2 Å². The van der Waals surface area contributed by atoms with E-state index in [9.17, 15) is 4.79 Å². The lowest BCUT2D eigenvalue weighted by atomic mass is 10.1. The first-order valence-electron chi connectivity index (χ1n) is 8.60. The number of carbonyl (C=O) groups is 1. The first-order chi connectivity index (χ1) is 12.6. The van der Waals surface area contributed by atoms with Crippen molar-refractivity contribution in [2.75, 3.05) is 5.32 Å². The molecule has 2 aromatic heterocycles. The smallest absolute Gasteiger partial charge is 0.307 e. The third-order valence-electron chi connectivity index (χ3n) is 4.13. The topological polar surface area (TPSA) is 88.3 Å². The van der Waals surface area contributed by atoms with Crippen LogP contribution >= 0.6 is 0 Å². The van der Waals surface area contributed by atoms with Gasteiger partial charge in [0.15, 0.2) is 5.82 Å². The second-order valence-corrected chi connectivity index (χ2v) is 5.93. The molecule has 26 heavy (non-hydrogen) atoms. The fourth-order valence-electron chi connectivity index (χ4n) is 2.84. The van der Waals surface area contributed by atoms with Crippen molar-refractivity contribution in [3.8, 4) is 11.4 Å². The summed E-state index contributed by atoms with van der Waals surface area (Å²) in [7, 11) is 0. The Labute approximate surface area is 151 Å². The van der Waals surface area contributed by atoms with E-state index in [1.54, 1.807) is 24.7 Å². The summed E-state index contributed by atoms with van der Waals surface area (Å²) < 4.78 is 5.15. The minimum Gasteiger partial charge on any atom is -0.481 e. The van der Waals surface area contributed by atoms with Crippen molar-refractivity contribution >= 4 is 17.5 Å². The quantitative estimate of drug-likeness (QED) is 0.662. The molecule has 0 amide bonds. The minimum absolute atomic E-state index is 0.0125. The number of carboxylic acid groups (broad SMARTS) is 1. The predicted molar refractivity (Wildman–Crippen MR) is 99.6 cm³/mol. The molecule has 0 saturated carbocycles. The standard InChI is InChI=1S/C20H21N3O3/c1-3-16-17(4-2)22-19(14-9-10-26-12-14)23-20(16)21-15-7-5-13(6-8-15)11-18(24)25/h5-10,12H,3-4,11H2,1-2H3,(H,24,25)(H,21,22,23). The van der Waals surface area contributed by atoms with Gasteiger partial charge in [-0.05, 0) is 36.6 Å². The minimum atomic E-state index is -0.841. The van der Waals surface area contributed by atoms with Crippen LogP contribution in [0.3, 0.4) is 0 Å². The Morgan fingerprint density at radius 3 is 2.46 bits per heavy atom. The molecule has 6 nitrogen and oxygen atoms in total. The van der Waals surface area contributed by atoms with E-state index in [0.717, 1.165) is 46.7 Å². The van der Waals surface area contributed by atoms with Crippen LogP contribution in [0.15, 0.2) is 47.3 Å². The van der Waals surface area contributed by atoms with Gasteiger partial charge in [0.05, 0.1) is 18.2 Å². The van der Waals surface area contributed by atoms with Gasteiger partial charge in [-0.25, -0.2) is 9.97 Å². The van der Waals surface area contributed by atoms with E-state index in [4.69, 9.17) is 9.52 Å². The van der Waals surface area contributed by atoms with Gasteiger partial charge in [-0.1, -0.05) is 26.0 Å². The fraction of sp³-hybridized carbons (Fsp3) is 0.250. The number of rotatable bonds is 7. The highest BCUT2D eigenvalue weighted by Crippen LogP contribution is 2.26. The van der Waals surface area contributed by atoms with Crippen molar-refractivity contribution < 1.29 is 14.3 Å². The maximum absolute atomic E-state index is 10.8. The predicted octanol–water partition coefficient (Wildman–Crippen LogP) is 4.23. The zero-order chi connectivity index (χ0) is 18.5. The number of aliphatic carboxylic acids is 1. The number of aromatic nitrogens is 2. The van der Waals surface area contributed by atoms with Crippen molar-refractivity contribution in [2.45, 2.75) is 33.1 Å². The van der Waals surface area contributed by atoms with E-state index in [2.05, 4.69) is 29.1 Å². The Balaban J connectivity index is 1.95. The van der Waals surface area contributed by atoms with E-state index in [-0.39, 0.29) is 6.42 Å². The normalized spacial score (nSPS) is 10.7. The molecule has 0 aliphatic carbocycles. The van der Waals surface area contributed by atoms with E-state index in [0.29, 0.717) is 5.82 Å². The average Bonchev–Trinajstić information content (AvgIpc) is 3.17. The third kappa shape index (κ3) is 3.91. The molecule has 0 bridgehead atoms. The number of anilines is 2. The highest BCUT2D eigenvalue weighted by molar-refractivity contribution is 5.71. The Hall–Kier alpha value is -3.15. The molecule has 0 atom stereocenters. The Morgan fingerprint density at radius 1 is 1.12 bits per heavy atom. The van der Waals surface area contributed by atoms with Crippen molar-refractivity contribution in [1.29, 1.82) is 0 Å². The second-order valence-electron chi connectivity index (χ2n) is 5.93. The molecule has 0 saturated heterocycles. The molecule has 2 N–H and O–H groups in total. The van der Waals surface area contributed by atoms with Crippen LogP contribution in [-0.2, 0) is 24.1 Å². The summed E-state index contributed by atoms with van der Waals surface area (Å²) in [5, 5.41) is 12.2. The number of hydrogen-bond donors (Lipinski definition) is 2. The number of carboxylic acids is 1. The highest BCUT2D eigenvalue weighted by Gasteiger charge is 2.14. The second kappa shape index (κ2) is 7.82. The maximum atomic E-state index is 10.8. The lowest BCUT2D eigenvalue weighted by Crippen LogP contribution is -2.07. The zero-order valence-corrected chi connectivity index (χ0v) is 14.8. The highest BCUT2D eigenvalue weighted by atomic mass is 16.4. The Morgan fingerprint density at radius 2 is 1.88 bits per heavy atom. The monoisotopic (exact) mass is 351 g/mol. The number of nitrogens with zero attached hydrogens (tertiary/aromatic N) is 2. The van der Waals surface area contributed by atoms with E-state index < -0.39 is 5.97 Å². The summed E-state index contributed by atoms with van der Waals surface area (Å²) in [5.41, 5.74) is 4.53. The number of furan rings is 1. The van der Waals surface area contributed by atoms with Gasteiger partial charge in [0, 0.05) is 16.9 Å². The summed E-state index contributed by atoms with van der Waals surface area (Å²) in [4.78, 5) is 20.2. The number of hydrogen-bond acceptors (Lipinski definition) is 5. The van der Waals surface area contributed by atoms with Crippen LogP contribution in [0, 0.1) is 0 Å². The molecule has 0 radical (unpaired) electrons. The Kier molecular flexibility index (Phi) is 5.31. The number of nitrogens with one attached hydrogen (secondary N) is 1. The average molecular weight is 351 g/mol. The maximum Gasteiger partial charge on any atom is 0.307 e. The van der Waals surface area contributed by atoms with Gasteiger partial charge in [0.1, 0.15) is 12.1 Å². The SMILES string of the molecule is CCc1nc(-c2ccoc2)nc(Nc2ccc(CC(=O)O)cc2)c1CC. The van der Waals surface area contributed by atoms with Gasteiger partial charge >= 0.3 is 5.97 Å². The van der Waals surface area contributed by atoms with Gasteiger partial charge in [-0.15, -0.1) is 0 Å². The van der Waals surface area contributed by atoms with E-state index >= 15 is 0 Å². The zero-order valence-electron chi connectivity index (χ0n) is 14.8. The molecule has 1 aromatic carbocycles. The number of aryl methyl sites for hydroxylation is 1. The Bertz CT molecular complexity index is 887. The van der Waals surface area contributed by atoms with Gasteiger partial charge in [-0.2, -0.15) is 0 Å². The molecule has 0 aliphatic heterocycles. The molecule has 134 valence electrons. The van der Waals surface area contributed by atoms with Gasteiger partial charge < -0.3 is 14.8 Å². The van der Waals surface area contributed by atoms with Crippen LogP contribution in [0.1, 0.15) is 30.7 Å². The van der Waals surface area contributed by atoms with Crippen molar-refractivity contribution in [3.63, 3.8) is 0 Å². The van der Waals surface area contributed by atoms with Crippen LogP contribution in [0.5, 0.6) is 0 Å². The van der Waals surface area contributed by atoms with Crippen LogP contribution in [0.25, 0.3) is 11.4 Å². The van der Waals surface area contributed by atoms with Gasteiger partial charge in [0.2, 0.25) is 0 Å². The molecule has 0 fully saturated rings. The molecule has 3 rings (SSSR count). The molecule has 0 aliphatic rings. The van der Waals surface area contributed by atoms with Gasteiger partial charge in [-0.3, -0.25) is 4.79 Å². The van der Waals surface area contributed by atoms with Crippen LogP contribution in [0.2, 0.25) is 0 Å². The largest absolute Gasteiger partial charge is 0.481 e. The lowest BCUT2D eigenvalue weighted by Gasteiger charge is -2.15. The third-order valence-corrected chi connectivity index (χ3v) is 4.13. The number of benzene rings is 1. The molecule has 0 unspecified atom stereocenters. The molecule has 3 aromatic rings. The molecule has 2 heterocycles. The van der Waals surface area contributed by atoms with Crippen LogP contribution < -0.4 is 5.32 Å².